The molecule has 1 rings (SSSR count). The minimum absolute atomic E-state index is 0.0181. The third kappa shape index (κ3) is 2.69. The van der Waals surface area contributed by atoms with Crippen LogP contribution in [-0.4, -0.2) is 25.2 Å². The Morgan fingerprint density at radius 3 is 2.67 bits per heavy atom. The molecule has 0 bridgehead atoms. The minimum Gasteiger partial charge on any atom is -0.477 e. The van der Waals surface area contributed by atoms with Gasteiger partial charge in [0.25, 0.3) is 0 Å². The molecule has 0 radical (unpaired) electrons. The number of carbonyl (C=O) groups is 1. The third-order valence-corrected chi connectivity index (χ3v) is 4.17. The van der Waals surface area contributed by atoms with Crippen LogP contribution in [0.5, 0.6) is 0 Å². The molecule has 0 aliphatic carbocycles. The highest BCUT2D eigenvalue weighted by Gasteiger charge is 2.18. The van der Waals surface area contributed by atoms with Crippen LogP contribution >= 0.6 is 11.3 Å². The molecule has 1 aromatic rings. The number of hydrogen-bond acceptors (Lipinski definition) is 4. The zero-order valence-corrected chi connectivity index (χ0v) is 9.91. The highest BCUT2D eigenvalue weighted by molar-refractivity contribution is 7.92. The van der Waals surface area contributed by atoms with Crippen LogP contribution in [0.1, 0.15) is 22.2 Å². The molecule has 15 heavy (non-hydrogen) atoms. The SMILES string of the molecule is CCS(=O)(=O)Nc1c(C)csc1C(=O)O. The summed E-state index contributed by atoms with van der Waals surface area (Å²) in [5.74, 6) is -1.21. The smallest absolute Gasteiger partial charge is 0.348 e. The maximum Gasteiger partial charge on any atom is 0.348 e. The molecule has 0 amide bonds. The first-order chi connectivity index (χ1) is 6.87. The van der Waals surface area contributed by atoms with Gasteiger partial charge in [-0.3, -0.25) is 4.72 Å². The van der Waals surface area contributed by atoms with Crippen molar-refractivity contribution in [3.8, 4) is 0 Å². The molecule has 0 unspecified atom stereocenters. The number of sulfonamides is 1. The number of aryl methyl sites for hydroxylation is 1. The Kier molecular flexibility index (Phi) is 3.35. The van der Waals surface area contributed by atoms with Crippen LogP contribution in [0.2, 0.25) is 0 Å². The highest BCUT2D eigenvalue weighted by atomic mass is 32.2. The minimum atomic E-state index is -3.43. The molecular weight excluding hydrogens is 238 g/mol. The predicted molar refractivity (Wildman–Crippen MR) is 59.1 cm³/mol. The number of hydrogen-bond donors (Lipinski definition) is 2. The van der Waals surface area contributed by atoms with Crippen LogP contribution in [0.4, 0.5) is 5.69 Å². The zero-order chi connectivity index (χ0) is 11.6. The van der Waals surface area contributed by atoms with E-state index in [-0.39, 0.29) is 16.3 Å². The molecule has 0 aliphatic heterocycles. The molecule has 5 nitrogen and oxygen atoms in total. The molecular formula is C8H11NO4S2. The lowest BCUT2D eigenvalue weighted by atomic mass is 10.3. The Bertz CT molecular complexity index is 475. The van der Waals surface area contributed by atoms with E-state index in [4.69, 9.17) is 5.11 Å². The third-order valence-electron chi connectivity index (χ3n) is 1.81. The fraction of sp³-hybridized carbons (Fsp3) is 0.375. The number of anilines is 1. The Morgan fingerprint density at radius 2 is 2.20 bits per heavy atom. The van der Waals surface area contributed by atoms with E-state index in [0.717, 1.165) is 11.3 Å². The fourth-order valence-corrected chi connectivity index (χ4v) is 2.58. The summed E-state index contributed by atoms with van der Waals surface area (Å²) in [5.41, 5.74) is 0.795. The summed E-state index contributed by atoms with van der Waals surface area (Å²) in [6.45, 7) is 3.15. The lowest BCUT2D eigenvalue weighted by molar-refractivity contribution is 0.0703. The topological polar surface area (TPSA) is 83.5 Å². The molecule has 0 aromatic carbocycles. The van der Waals surface area contributed by atoms with E-state index >= 15 is 0 Å². The van der Waals surface area contributed by atoms with Gasteiger partial charge in [-0.1, -0.05) is 0 Å². The van der Waals surface area contributed by atoms with E-state index in [0.29, 0.717) is 5.56 Å². The average Bonchev–Trinajstić information content (AvgIpc) is 2.48. The molecule has 1 heterocycles. The fourth-order valence-electron chi connectivity index (χ4n) is 0.956. The van der Waals surface area contributed by atoms with Crippen molar-refractivity contribution in [2.75, 3.05) is 10.5 Å². The molecule has 7 heteroatoms. The summed E-state index contributed by atoms with van der Waals surface area (Å²) in [6.07, 6.45) is 0. The predicted octanol–water partition coefficient (Wildman–Crippen LogP) is 1.52. The van der Waals surface area contributed by atoms with Crippen LogP contribution in [0.15, 0.2) is 5.38 Å². The van der Waals surface area contributed by atoms with Crippen LogP contribution < -0.4 is 4.72 Å². The van der Waals surface area contributed by atoms with E-state index in [9.17, 15) is 13.2 Å². The van der Waals surface area contributed by atoms with Gasteiger partial charge in [0.1, 0.15) is 4.88 Å². The molecule has 0 aliphatic rings. The Morgan fingerprint density at radius 1 is 1.60 bits per heavy atom. The lowest BCUT2D eigenvalue weighted by Gasteiger charge is -2.06. The first-order valence-electron chi connectivity index (χ1n) is 4.19. The van der Waals surface area contributed by atoms with Gasteiger partial charge in [0.05, 0.1) is 11.4 Å². The summed E-state index contributed by atoms with van der Waals surface area (Å²) in [6, 6.07) is 0. The van der Waals surface area contributed by atoms with E-state index in [1.807, 2.05) is 0 Å². The van der Waals surface area contributed by atoms with Gasteiger partial charge < -0.3 is 5.11 Å². The summed E-state index contributed by atoms with van der Waals surface area (Å²) in [5, 5.41) is 10.4. The van der Waals surface area contributed by atoms with Crippen molar-refractivity contribution in [3.05, 3.63) is 15.8 Å². The van der Waals surface area contributed by atoms with Crippen molar-refractivity contribution in [1.29, 1.82) is 0 Å². The van der Waals surface area contributed by atoms with E-state index in [2.05, 4.69) is 4.72 Å². The molecule has 0 saturated carbocycles. The molecule has 0 saturated heterocycles. The van der Waals surface area contributed by atoms with Crippen molar-refractivity contribution in [3.63, 3.8) is 0 Å². The largest absolute Gasteiger partial charge is 0.477 e. The van der Waals surface area contributed by atoms with E-state index < -0.39 is 16.0 Å². The lowest BCUT2D eigenvalue weighted by Crippen LogP contribution is -2.16. The number of rotatable bonds is 4. The quantitative estimate of drug-likeness (QED) is 0.847. The summed E-state index contributed by atoms with van der Waals surface area (Å²) in [7, 11) is -3.43. The normalized spacial score (nSPS) is 11.3. The number of carboxylic acids is 1. The molecule has 0 spiro atoms. The average molecular weight is 249 g/mol. The molecule has 2 N–H and O–H groups in total. The second kappa shape index (κ2) is 4.19. The van der Waals surface area contributed by atoms with Crippen molar-refractivity contribution in [1.82, 2.24) is 0 Å². The Balaban J connectivity index is 3.14. The van der Waals surface area contributed by atoms with Crippen LogP contribution in [-0.2, 0) is 10.0 Å². The van der Waals surface area contributed by atoms with Crippen molar-refractivity contribution >= 4 is 33.0 Å². The second-order valence-electron chi connectivity index (χ2n) is 2.93. The van der Waals surface area contributed by atoms with Gasteiger partial charge in [-0.15, -0.1) is 11.3 Å². The second-order valence-corrected chi connectivity index (χ2v) is 5.82. The van der Waals surface area contributed by atoms with Gasteiger partial charge in [0.2, 0.25) is 10.0 Å². The van der Waals surface area contributed by atoms with Gasteiger partial charge in [0.15, 0.2) is 0 Å². The Hall–Kier alpha value is -1.08. The van der Waals surface area contributed by atoms with Gasteiger partial charge >= 0.3 is 5.97 Å². The monoisotopic (exact) mass is 249 g/mol. The van der Waals surface area contributed by atoms with Gasteiger partial charge in [0, 0.05) is 0 Å². The van der Waals surface area contributed by atoms with Gasteiger partial charge in [-0.05, 0) is 24.8 Å². The first kappa shape index (κ1) is 12.0. The first-order valence-corrected chi connectivity index (χ1v) is 6.72. The summed E-state index contributed by atoms with van der Waals surface area (Å²) in [4.78, 5) is 10.8. The molecule has 1 aromatic heterocycles. The molecule has 0 fully saturated rings. The van der Waals surface area contributed by atoms with Crippen LogP contribution in [0, 0.1) is 6.92 Å². The number of carboxylic acid groups (broad SMARTS) is 1. The van der Waals surface area contributed by atoms with E-state index in [1.54, 1.807) is 12.3 Å². The standard InChI is InChI=1S/C8H11NO4S2/c1-3-15(12,13)9-6-5(2)4-14-7(6)8(10)11/h4,9H,3H2,1-2H3,(H,10,11). The number of aromatic carboxylic acids is 1. The zero-order valence-electron chi connectivity index (χ0n) is 8.27. The maximum atomic E-state index is 11.3. The van der Waals surface area contributed by atoms with Crippen LogP contribution in [0.25, 0.3) is 0 Å². The summed E-state index contributed by atoms with van der Waals surface area (Å²) >= 11 is 1.01. The van der Waals surface area contributed by atoms with E-state index in [1.165, 1.54) is 6.92 Å². The molecule has 0 atom stereocenters. The maximum absolute atomic E-state index is 11.3. The van der Waals surface area contributed by atoms with Crippen LogP contribution in [0.3, 0.4) is 0 Å². The highest BCUT2D eigenvalue weighted by Crippen LogP contribution is 2.28. The van der Waals surface area contributed by atoms with Gasteiger partial charge in [-0.25, -0.2) is 13.2 Å². The van der Waals surface area contributed by atoms with Crippen molar-refractivity contribution in [2.45, 2.75) is 13.8 Å². The van der Waals surface area contributed by atoms with Crippen molar-refractivity contribution < 1.29 is 18.3 Å². The summed E-state index contributed by atoms with van der Waals surface area (Å²) < 4.78 is 24.9. The van der Waals surface area contributed by atoms with Gasteiger partial charge in [-0.2, -0.15) is 0 Å². The Labute approximate surface area is 91.8 Å². The number of thiophene rings is 1. The number of nitrogens with one attached hydrogen (secondary N) is 1. The molecule has 84 valence electrons. The van der Waals surface area contributed by atoms with Crippen molar-refractivity contribution in [2.24, 2.45) is 0 Å².